The minimum atomic E-state index is -0.447. The van der Waals surface area contributed by atoms with Gasteiger partial charge in [0.15, 0.2) is 0 Å². The second-order valence-corrected chi connectivity index (χ2v) is 6.41. The number of piperazine rings is 1. The van der Waals surface area contributed by atoms with Crippen LogP contribution in [-0.2, 0) is 16.1 Å². The second kappa shape index (κ2) is 5.16. The van der Waals surface area contributed by atoms with Gasteiger partial charge in [-0.1, -0.05) is 0 Å². The molecule has 2 aliphatic rings. The van der Waals surface area contributed by atoms with Crippen LogP contribution in [0.5, 0.6) is 0 Å². The van der Waals surface area contributed by atoms with Crippen LogP contribution in [0.2, 0.25) is 0 Å². The number of hydrogen-bond donors (Lipinski definition) is 1. The van der Waals surface area contributed by atoms with Gasteiger partial charge in [0.1, 0.15) is 12.1 Å². The Morgan fingerprint density at radius 3 is 2.80 bits per heavy atom. The maximum atomic E-state index is 12.4. The van der Waals surface area contributed by atoms with E-state index in [0.29, 0.717) is 12.5 Å². The normalized spacial score (nSPS) is 26.6. The highest BCUT2D eigenvalue weighted by molar-refractivity contribution is 9.10. The van der Waals surface area contributed by atoms with Crippen molar-refractivity contribution in [1.29, 1.82) is 0 Å². The van der Waals surface area contributed by atoms with Gasteiger partial charge in [-0.2, -0.15) is 0 Å². The van der Waals surface area contributed by atoms with Crippen molar-refractivity contribution < 1.29 is 9.59 Å². The third-order valence-corrected chi connectivity index (χ3v) is 4.23. The number of amides is 2. The number of carbonyl (C=O) groups is 2. The molecule has 1 N–H and O–H groups in total. The SMILES string of the molecule is CC1NC(=O)C(C2CC2)N(Cc2cncc(Br)c2)C1=O. The fourth-order valence-corrected chi connectivity index (χ4v) is 3.10. The third kappa shape index (κ3) is 2.57. The van der Waals surface area contributed by atoms with Crippen molar-refractivity contribution in [2.45, 2.75) is 38.4 Å². The third-order valence-electron chi connectivity index (χ3n) is 3.80. The van der Waals surface area contributed by atoms with Crippen LogP contribution < -0.4 is 5.32 Å². The largest absolute Gasteiger partial charge is 0.343 e. The van der Waals surface area contributed by atoms with Crippen LogP contribution in [0.3, 0.4) is 0 Å². The lowest BCUT2D eigenvalue weighted by Crippen LogP contribution is -2.62. The van der Waals surface area contributed by atoms with Crippen LogP contribution >= 0.6 is 15.9 Å². The molecule has 2 unspecified atom stereocenters. The highest BCUT2D eigenvalue weighted by Gasteiger charge is 2.46. The molecule has 1 aromatic rings. The molecule has 2 amide bonds. The number of pyridine rings is 1. The molecule has 1 aromatic heterocycles. The molecule has 3 rings (SSSR count). The van der Waals surface area contributed by atoms with Crippen molar-refractivity contribution in [3.63, 3.8) is 0 Å². The van der Waals surface area contributed by atoms with Crippen LogP contribution in [0.15, 0.2) is 22.9 Å². The predicted octanol–water partition coefficient (Wildman–Crippen LogP) is 1.47. The summed E-state index contributed by atoms with van der Waals surface area (Å²) in [5.74, 6) is 0.274. The molecule has 1 saturated heterocycles. The van der Waals surface area contributed by atoms with Crippen LogP contribution in [0.1, 0.15) is 25.3 Å². The number of aromatic nitrogens is 1. The van der Waals surface area contributed by atoms with Gasteiger partial charge in [-0.3, -0.25) is 14.6 Å². The minimum absolute atomic E-state index is 0.0125. The summed E-state index contributed by atoms with van der Waals surface area (Å²) >= 11 is 3.38. The molecule has 1 aliphatic heterocycles. The molecule has 0 spiro atoms. The summed E-state index contributed by atoms with van der Waals surface area (Å²) in [5, 5.41) is 2.77. The second-order valence-electron chi connectivity index (χ2n) is 5.49. The molecule has 1 aliphatic carbocycles. The molecule has 2 fully saturated rings. The average molecular weight is 338 g/mol. The Morgan fingerprint density at radius 1 is 1.40 bits per heavy atom. The lowest BCUT2D eigenvalue weighted by atomic mass is 10.0. The predicted molar refractivity (Wildman–Crippen MR) is 76.6 cm³/mol. The standard InChI is InChI=1S/C14H16BrN3O2/c1-8-14(20)18(7-9-4-11(15)6-16-5-9)12(10-2-3-10)13(19)17-8/h4-6,8,10,12H,2-3,7H2,1H3,(H,17,19). The van der Waals surface area contributed by atoms with E-state index in [-0.39, 0.29) is 17.9 Å². The Balaban J connectivity index is 1.86. The van der Waals surface area contributed by atoms with Gasteiger partial charge in [-0.05, 0) is 53.2 Å². The van der Waals surface area contributed by atoms with E-state index in [1.165, 1.54) is 0 Å². The van der Waals surface area contributed by atoms with Crippen LogP contribution in [-0.4, -0.2) is 33.8 Å². The quantitative estimate of drug-likeness (QED) is 0.908. The molecular formula is C14H16BrN3O2. The monoisotopic (exact) mass is 337 g/mol. The Kier molecular flexibility index (Phi) is 3.50. The first kappa shape index (κ1) is 13.5. The topological polar surface area (TPSA) is 62.3 Å². The van der Waals surface area contributed by atoms with E-state index in [2.05, 4.69) is 26.2 Å². The first-order valence-electron chi connectivity index (χ1n) is 6.76. The number of carbonyl (C=O) groups excluding carboxylic acids is 2. The molecule has 2 atom stereocenters. The summed E-state index contributed by atoms with van der Waals surface area (Å²) in [6, 6.07) is 1.16. The van der Waals surface area contributed by atoms with Crippen molar-refractivity contribution in [2.75, 3.05) is 0 Å². The van der Waals surface area contributed by atoms with Crippen molar-refractivity contribution >= 4 is 27.7 Å². The van der Waals surface area contributed by atoms with Gasteiger partial charge in [0.25, 0.3) is 0 Å². The number of halogens is 1. The number of nitrogens with one attached hydrogen (secondary N) is 1. The molecule has 106 valence electrons. The molecular weight excluding hydrogens is 322 g/mol. The van der Waals surface area contributed by atoms with Gasteiger partial charge in [-0.15, -0.1) is 0 Å². The number of rotatable bonds is 3. The summed E-state index contributed by atoms with van der Waals surface area (Å²) in [5.41, 5.74) is 0.931. The molecule has 0 radical (unpaired) electrons. The van der Waals surface area contributed by atoms with Crippen molar-refractivity contribution in [3.05, 3.63) is 28.5 Å². The van der Waals surface area contributed by atoms with E-state index < -0.39 is 6.04 Å². The Hall–Kier alpha value is -1.43. The first-order valence-corrected chi connectivity index (χ1v) is 7.56. The molecule has 5 nitrogen and oxygen atoms in total. The van der Waals surface area contributed by atoms with Crippen molar-refractivity contribution in [1.82, 2.24) is 15.2 Å². The molecule has 20 heavy (non-hydrogen) atoms. The van der Waals surface area contributed by atoms with E-state index in [9.17, 15) is 9.59 Å². The van der Waals surface area contributed by atoms with Crippen LogP contribution in [0, 0.1) is 5.92 Å². The maximum Gasteiger partial charge on any atom is 0.245 e. The van der Waals surface area contributed by atoms with E-state index in [1.54, 1.807) is 24.2 Å². The van der Waals surface area contributed by atoms with Gasteiger partial charge in [0.05, 0.1) is 0 Å². The van der Waals surface area contributed by atoms with Gasteiger partial charge in [0.2, 0.25) is 11.8 Å². The summed E-state index contributed by atoms with van der Waals surface area (Å²) in [4.78, 5) is 30.4. The number of hydrogen-bond acceptors (Lipinski definition) is 3. The van der Waals surface area contributed by atoms with Gasteiger partial charge >= 0.3 is 0 Å². The minimum Gasteiger partial charge on any atom is -0.343 e. The van der Waals surface area contributed by atoms with Gasteiger partial charge in [-0.25, -0.2) is 0 Å². The zero-order valence-corrected chi connectivity index (χ0v) is 12.8. The first-order chi connectivity index (χ1) is 9.56. The lowest BCUT2D eigenvalue weighted by molar-refractivity contribution is -0.150. The summed E-state index contributed by atoms with van der Waals surface area (Å²) in [7, 11) is 0. The maximum absolute atomic E-state index is 12.4. The van der Waals surface area contributed by atoms with Crippen LogP contribution in [0.25, 0.3) is 0 Å². The average Bonchev–Trinajstić information content (AvgIpc) is 3.20. The smallest absolute Gasteiger partial charge is 0.245 e. The molecule has 6 heteroatoms. The Morgan fingerprint density at radius 2 is 2.15 bits per heavy atom. The molecule has 0 aromatic carbocycles. The number of nitrogens with zero attached hydrogens (tertiary/aromatic N) is 2. The fraction of sp³-hybridized carbons (Fsp3) is 0.500. The van der Waals surface area contributed by atoms with E-state index >= 15 is 0 Å². The van der Waals surface area contributed by atoms with Crippen LogP contribution in [0.4, 0.5) is 0 Å². The molecule has 2 heterocycles. The van der Waals surface area contributed by atoms with E-state index in [0.717, 1.165) is 22.9 Å². The molecule has 0 bridgehead atoms. The zero-order valence-electron chi connectivity index (χ0n) is 11.2. The van der Waals surface area contributed by atoms with Gasteiger partial charge in [0, 0.05) is 23.4 Å². The zero-order chi connectivity index (χ0) is 14.3. The lowest BCUT2D eigenvalue weighted by Gasteiger charge is -2.38. The summed E-state index contributed by atoms with van der Waals surface area (Å²) < 4.78 is 0.875. The Labute approximate surface area is 125 Å². The van der Waals surface area contributed by atoms with Crippen molar-refractivity contribution in [2.24, 2.45) is 5.92 Å². The van der Waals surface area contributed by atoms with E-state index in [1.807, 2.05) is 6.07 Å². The molecule has 1 saturated carbocycles. The summed E-state index contributed by atoms with van der Waals surface area (Å²) in [6.07, 6.45) is 5.48. The highest BCUT2D eigenvalue weighted by atomic mass is 79.9. The summed E-state index contributed by atoms with van der Waals surface area (Å²) in [6.45, 7) is 2.17. The fourth-order valence-electron chi connectivity index (χ4n) is 2.68. The Bertz CT molecular complexity index is 559. The van der Waals surface area contributed by atoms with Gasteiger partial charge < -0.3 is 10.2 Å². The van der Waals surface area contributed by atoms with Crippen molar-refractivity contribution in [3.8, 4) is 0 Å². The highest BCUT2D eigenvalue weighted by Crippen LogP contribution is 2.37. The van der Waals surface area contributed by atoms with E-state index in [4.69, 9.17) is 0 Å².